The van der Waals surface area contributed by atoms with Gasteiger partial charge in [-0.25, -0.2) is 0 Å². The standard InChI is InChI=1S/C18H27ClN4O.HI/c1-20-17(21-12-14-7-6-8-15(19)11-14)22-13-18(9-4-5-10-18)16(24)23(2)3;/h6-8,11H,4-5,9-10,12-13H2,1-3H3,(H2,20,21,22);1H. The predicted octanol–water partition coefficient (Wildman–Crippen LogP) is 3.27. The molecule has 2 rings (SSSR count). The lowest BCUT2D eigenvalue weighted by atomic mass is 9.84. The fraction of sp³-hybridized carbons (Fsp3) is 0.556. The van der Waals surface area contributed by atoms with Gasteiger partial charge in [-0.1, -0.05) is 36.6 Å². The summed E-state index contributed by atoms with van der Waals surface area (Å²) in [6.07, 6.45) is 4.08. The summed E-state index contributed by atoms with van der Waals surface area (Å²) < 4.78 is 0. The minimum absolute atomic E-state index is 0. The Labute approximate surface area is 172 Å². The molecule has 0 unspecified atom stereocenters. The summed E-state index contributed by atoms with van der Waals surface area (Å²) in [6, 6.07) is 7.73. The van der Waals surface area contributed by atoms with Crippen LogP contribution in [0.3, 0.4) is 0 Å². The largest absolute Gasteiger partial charge is 0.355 e. The van der Waals surface area contributed by atoms with Crippen molar-refractivity contribution >= 4 is 47.4 Å². The van der Waals surface area contributed by atoms with Crippen LogP contribution in [0.4, 0.5) is 0 Å². The molecule has 1 amide bonds. The van der Waals surface area contributed by atoms with Crippen LogP contribution in [0.25, 0.3) is 0 Å². The Hall–Kier alpha value is -1.02. The van der Waals surface area contributed by atoms with Crippen LogP contribution in [-0.4, -0.2) is 44.5 Å². The van der Waals surface area contributed by atoms with Crippen LogP contribution in [0.1, 0.15) is 31.2 Å². The number of guanidine groups is 1. The fourth-order valence-electron chi connectivity index (χ4n) is 3.30. The fourth-order valence-corrected chi connectivity index (χ4v) is 3.51. The van der Waals surface area contributed by atoms with Crippen LogP contribution in [0.15, 0.2) is 29.3 Å². The van der Waals surface area contributed by atoms with E-state index in [9.17, 15) is 4.79 Å². The van der Waals surface area contributed by atoms with E-state index in [0.717, 1.165) is 36.3 Å². The second-order valence-corrected chi connectivity index (χ2v) is 7.03. The van der Waals surface area contributed by atoms with E-state index in [4.69, 9.17) is 11.6 Å². The Morgan fingerprint density at radius 3 is 2.52 bits per heavy atom. The average molecular weight is 479 g/mol. The summed E-state index contributed by atoms with van der Waals surface area (Å²) in [5.74, 6) is 0.908. The number of nitrogens with one attached hydrogen (secondary N) is 2. The lowest BCUT2D eigenvalue weighted by Crippen LogP contribution is -2.49. The molecule has 1 aromatic carbocycles. The van der Waals surface area contributed by atoms with E-state index in [-0.39, 0.29) is 35.3 Å². The number of nitrogens with zero attached hydrogens (tertiary/aromatic N) is 2. The van der Waals surface area contributed by atoms with Crippen molar-refractivity contribution in [3.8, 4) is 0 Å². The summed E-state index contributed by atoms with van der Waals surface area (Å²) in [5.41, 5.74) is 0.780. The molecular weight excluding hydrogens is 451 g/mol. The van der Waals surface area contributed by atoms with Gasteiger partial charge in [-0.05, 0) is 30.5 Å². The maximum Gasteiger partial charge on any atom is 0.230 e. The van der Waals surface area contributed by atoms with E-state index in [1.807, 2.05) is 38.4 Å². The molecule has 1 aliphatic carbocycles. The smallest absolute Gasteiger partial charge is 0.230 e. The van der Waals surface area contributed by atoms with Gasteiger partial charge in [0.1, 0.15) is 0 Å². The van der Waals surface area contributed by atoms with Crippen molar-refractivity contribution in [3.63, 3.8) is 0 Å². The summed E-state index contributed by atoms with van der Waals surface area (Å²) >= 11 is 6.01. The second-order valence-electron chi connectivity index (χ2n) is 6.60. The molecule has 0 heterocycles. The summed E-state index contributed by atoms with van der Waals surface area (Å²) in [4.78, 5) is 18.6. The minimum Gasteiger partial charge on any atom is -0.355 e. The van der Waals surface area contributed by atoms with Gasteiger partial charge in [-0.15, -0.1) is 24.0 Å². The molecule has 0 aliphatic heterocycles. The van der Waals surface area contributed by atoms with Gasteiger partial charge in [-0.3, -0.25) is 9.79 Å². The van der Waals surface area contributed by atoms with Crippen molar-refractivity contribution in [1.29, 1.82) is 0 Å². The van der Waals surface area contributed by atoms with Crippen LogP contribution in [0, 0.1) is 5.41 Å². The lowest BCUT2D eigenvalue weighted by Gasteiger charge is -2.31. The lowest BCUT2D eigenvalue weighted by molar-refractivity contribution is -0.138. The van der Waals surface area contributed by atoms with E-state index in [1.165, 1.54) is 0 Å². The van der Waals surface area contributed by atoms with Crippen molar-refractivity contribution in [2.45, 2.75) is 32.2 Å². The zero-order chi connectivity index (χ0) is 17.6. The number of benzene rings is 1. The summed E-state index contributed by atoms with van der Waals surface area (Å²) in [5, 5.41) is 7.33. The highest BCUT2D eigenvalue weighted by Gasteiger charge is 2.42. The molecule has 25 heavy (non-hydrogen) atoms. The van der Waals surface area contributed by atoms with Gasteiger partial charge in [0.05, 0.1) is 5.41 Å². The van der Waals surface area contributed by atoms with Gasteiger partial charge in [0.15, 0.2) is 5.96 Å². The zero-order valence-corrected chi connectivity index (χ0v) is 18.2. The Bertz CT molecular complexity index is 600. The molecule has 1 saturated carbocycles. The molecule has 5 nitrogen and oxygen atoms in total. The van der Waals surface area contributed by atoms with Crippen molar-refractivity contribution in [3.05, 3.63) is 34.9 Å². The minimum atomic E-state index is -0.308. The van der Waals surface area contributed by atoms with E-state index in [0.29, 0.717) is 19.0 Å². The third-order valence-electron chi connectivity index (χ3n) is 4.59. The van der Waals surface area contributed by atoms with Crippen LogP contribution in [0.2, 0.25) is 5.02 Å². The Kier molecular flexibility index (Phi) is 8.99. The molecule has 0 spiro atoms. The highest BCUT2D eigenvalue weighted by molar-refractivity contribution is 14.0. The van der Waals surface area contributed by atoms with Crippen molar-refractivity contribution in [1.82, 2.24) is 15.5 Å². The van der Waals surface area contributed by atoms with Crippen LogP contribution in [0.5, 0.6) is 0 Å². The van der Waals surface area contributed by atoms with Crippen LogP contribution in [-0.2, 0) is 11.3 Å². The van der Waals surface area contributed by atoms with E-state index < -0.39 is 0 Å². The number of carbonyl (C=O) groups is 1. The van der Waals surface area contributed by atoms with Crippen molar-refractivity contribution < 1.29 is 4.79 Å². The average Bonchev–Trinajstić information content (AvgIpc) is 3.04. The van der Waals surface area contributed by atoms with E-state index in [2.05, 4.69) is 15.6 Å². The van der Waals surface area contributed by atoms with Crippen LogP contribution < -0.4 is 10.6 Å². The first-order valence-electron chi connectivity index (χ1n) is 8.37. The quantitative estimate of drug-likeness (QED) is 0.388. The Morgan fingerprint density at radius 2 is 1.96 bits per heavy atom. The molecule has 1 aliphatic rings. The number of halogens is 2. The first-order chi connectivity index (χ1) is 11.5. The molecule has 7 heteroatoms. The van der Waals surface area contributed by atoms with Gasteiger partial charge in [0, 0.05) is 39.3 Å². The molecule has 0 bridgehead atoms. The number of carbonyl (C=O) groups excluding carboxylic acids is 1. The molecule has 140 valence electrons. The third-order valence-corrected chi connectivity index (χ3v) is 4.82. The number of hydrogen-bond donors (Lipinski definition) is 2. The van der Waals surface area contributed by atoms with E-state index >= 15 is 0 Å². The highest BCUT2D eigenvalue weighted by atomic mass is 127. The van der Waals surface area contributed by atoms with Gasteiger partial charge < -0.3 is 15.5 Å². The Morgan fingerprint density at radius 1 is 1.28 bits per heavy atom. The number of amides is 1. The second kappa shape index (κ2) is 10.2. The van der Waals surface area contributed by atoms with Gasteiger partial charge in [0.25, 0.3) is 0 Å². The van der Waals surface area contributed by atoms with Crippen molar-refractivity contribution in [2.24, 2.45) is 10.4 Å². The topological polar surface area (TPSA) is 56.7 Å². The Balaban J connectivity index is 0.00000312. The van der Waals surface area contributed by atoms with Gasteiger partial charge in [-0.2, -0.15) is 0 Å². The molecule has 1 fully saturated rings. The predicted molar refractivity (Wildman–Crippen MR) is 115 cm³/mol. The molecule has 2 N–H and O–H groups in total. The number of hydrogen-bond acceptors (Lipinski definition) is 2. The molecule has 0 radical (unpaired) electrons. The normalized spacial score (nSPS) is 16.1. The molecule has 0 atom stereocenters. The molecule has 1 aromatic rings. The highest BCUT2D eigenvalue weighted by Crippen LogP contribution is 2.38. The SMILES string of the molecule is CN=C(NCc1cccc(Cl)c1)NCC1(C(=O)N(C)C)CCCC1.I. The third kappa shape index (κ3) is 6.02. The molecule has 0 saturated heterocycles. The summed E-state index contributed by atoms with van der Waals surface area (Å²) in [6.45, 7) is 1.24. The maximum absolute atomic E-state index is 12.6. The first-order valence-corrected chi connectivity index (χ1v) is 8.75. The monoisotopic (exact) mass is 478 g/mol. The first kappa shape index (κ1) is 22.0. The zero-order valence-electron chi connectivity index (χ0n) is 15.1. The maximum atomic E-state index is 12.6. The van der Waals surface area contributed by atoms with E-state index in [1.54, 1.807) is 11.9 Å². The number of rotatable bonds is 5. The summed E-state index contributed by atoms with van der Waals surface area (Å²) in [7, 11) is 5.39. The van der Waals surface area contributed by atoms with Crippen LogP contribution >= 0.6 is 35.6 Å². The number of aliphatic imine (C=N–C) groups is 1. The van der Waals surface area contributed by atoms with Gasteiger partial charge in [0.2, 0.25) is 5.91 Å². The van der Waals surface area contributed by atoms with Gasteiger partial charge >= 0.3 is 0 Å². The van der Waals surface area contributed by atoms with Crippen molar-refractivity contribution in [2.75, 3.05) is 27.7 Å². The molecular formula is C18H28ClIN4O. The molecule has 0 aromatic heterocycles.